The number of anilines is 1. The van der Waals surface area contributed by atoms with E-state index >= 15 is 0 Å². The van der Waals surface area contributed by atoms with Crippen LogP contribution in [0.2, 0.25) is 0 Å². The van der Waals surface area contributed by atoms with Gasteiger partial charge < -0.3 is 10.1 Å². The predicted octanol–water partition coefficient (Wildman–Crippen LogP) is 2.71. The normalized spacial score (nSPS) is 12.2. The van der Waals surface area contributed by atoms with Gasteiger partial charge in [-0.15, -0.1) is 0 Å². The van der Waals surface area contributed by atoms with Crippen molar-refractivity contribution in [1.29, 1.82) is 0 Å². The highest BCUT2D eigenvalue weighted by atomic mass is 19.1. The number of nitro groups is 1. The van der Waals surface area contributed by atoms with Crippen molar-refractivity contribution >= 4 is 11.4 Å². The molecule has 0 amide bonds. The van der Waals surface area contributed by atoms with Crippen molar-refractivity contribution < 1.29 is 18.4 Å². The number of nitro benzene ring substituents is 1. The zero-order valence-corrected chi connectivity index (χ0v) is 10.1. The van der Waals surface area contributed by atoms with E-state index in [0.717, 1.165) is 6.07 Å². The van der Waals surface area contributed by atoms with Gasteiger partial charge in [0.2, 0.25) is 5.82 Å². The maximum atomic E-state index is 13.3. The number of halogens is 2. The Morgan fingerprint density at radius 3 is 2.72 bits per heavy atom. The van der Waals surface area contributed by atoms with E-state index in [1.54, 1.807) is 13.8 Å². The van der Waals surface area contributed by atoms with Gasteiger partial charge in [-0.3, -0.25) is 10.1 Å². The van der Waals surface area contributed by atoms with E-state index in [2.05, 4.69) is 5.32 Å². The van der Waals surface area contributed by atoms with E-state index in [-0.39, 0.29) is 18.3 Å². The van der Waals surface area contributed by atoms with Gasteiger partial charge in [0.05, 0.1) is 11.5 Å². The van der Waals surface area contributed by atoms with Crippen molar-refractivity contribution in [2.45, 2.75) is 19.9 Å². The summed E-state index contributed by atoms with van der Waals surface area (Å²) in [7, 11) is 0. The van der Waals surface area contributed by atoms with Gasteiger partial charge in [-0.25, -0.2) is 4.39 Å². The molecule has 0 saturated carbocycles. The van der Waals surface area contributed by atoms with Crippen LogP contribution in [0.15, 0.2) is 12.1 Å². The molecule has 1 aromatic carbocycles. The van der Waals surface area contributed by atoms with Crippen LogP contribution in [-0.2, 0) is 4.74 Å². The lowest BCUT2D eigenvalue weighted by Gasteiger charge is -2.15. The minimum atomic E-state index is -1.20. The molecule has 1 aromatic rings. The summed E-state index contributed by atoms with van der Waals surface area (Å²) >= 11 is 0. The van der Waals surface area contributed by atoms with E-state index < -0.39 is 22.2 Å². The van der Waals surface area contributed by atoms with Crippen molar-refractivity contribution in [2.24, 2.45) is 0 Å². The fourth-order valence-electron chi connectivity index (χ4n) is 1.46. The average molecular weight is 260 g/mol. The highest BCUT2D eigenvalue weighted by Gasteiger charge is 2.22. The standard InChI is InChI=1S/C11H14F2N2O3/c1-3-18-6-7(2)14-10-5-8(12)4-9(13)11(10)15(16)17/h4-5,7,14H,3,6H2,1-2H3. The number of ether oxygens (including phenoxy) is 1. The van der Waals surface area contributed by atoms with Gasteiger partial charge in [0.1, 0.15) is 11.5 Å². The van der Waals surface area contributed by atoms with Gasteiger partial charge in [-0.1, -0.05) is 0 Å². The molecule has 18 heavy (non-hydrogen) atoms. The average Bonchev–Trinajstić information content (AvgIpc) is 2.24. The second-order valence-corrected chi connectivity index (χ2v) is 3.75. The van der Waals surface area contributed by atoms with Crippen LogP contribution in [0.4, 0.5) is 20.2 Å². The summed E-state index contributed by atoms with van der Waals surface area (Å²) < 4.78 is 31.5. The summed E-state index contributed by atoms with van der Waals surface area (Å²) in [5, 5.41) is 13.4. The lowest BCUT2D eigenvalue weighted by molar-refractivity contribution is -0.386. The first-order valence-electron chi connectivity index (χ1n) is 5.43. The van der Waals surface area contributed by atoms with Crippen LogP contribution >= 0.6 is 0 Å². The van der Waals surface area contributed by atoms with Crippen molar-refractivity contribution in [3.05, 3.63) is 33.9 Å². The molecule has 5 nitrogen and oxygen atoms in total. The molecular formula is C11H14F2N2O3. The molecule has 1 atom stereocenters. The number of hydrogen-bond donors (Lipinski definition) is 1. The second-order valence-electron chi connectivity index (χ2n) is 3.75. The van der Waals surface area contributed by atoms with E-state index in [1.807, 2.05) is 0 Å². The zero-order valence-electron chi connectivity index (χ0n) is 10.1. The van der Waals surface area contributed by atoms with Gasteiger partial charge in [0.15, 0.2) is 0 Å². The monoisotopic (exact) mass is 260 g/mol. The quantitative estimate of drug-likeness (QED) is 0.631. The maximum Gasteiger partial charge on any atom is 0.327 e. The molecule has 0 aliphatic heterocycles. The summed E-state index contributed by atoms with van der Waals surface area (Å²) in [6.07, 6.45) is 0. The SMILES string of the molecule is CCOCC(C)Nc1cc(F)cc(F)c1[N+](=O)[O-]. The lowest BCUT2D eigenvalue weighted by Crippen LogP contribution is -2.22. The van der Waals surface area contributed by atoms with Crippen LogP contribution in [0.25, 0.3) is 0 Å². The predicted molar refractivity (Wildman–Crippen MR) is 62.6 cm³/mol. The molecule has 0 spiro atoms. The minimum Gasteiger partial charge on any atom is -0.380 e. The number of benzene rings is 1. The first-order chi connectivity index (χ1) is 8.45. The Bertz CT molecular complexity index is 441. The Kier molecular flexibility index (Phi) is 4.96. The Balaban J connectivity index is 2.96. The van der Waals surface area contributed by atoms with Crippen molar-refractivity contribution in [3.8, 4) is 0 Å². The van der Waals surface area contributed by atoms with E-state index in [1.165, 1.54) is 0 Å². The highest BCUT2D eigenvalue weighted by molar-refractivity contribution is 5.62. The van der Waals surface area contributed by atoms with E-state index in [9.17, 15) is 18.9 Å². The van der Waals surface area contributed by atoms with Gasteiger partial charge in [-0.2, -0.15) is 4.39 Å². The molecule has 0 saturated heterocycles. The molecule has 0 aromatic heterocycles. The van der Waals surface area contributed by atoms with E-state index in [0.29, 0.717) is 12.7 Å². The summed E-state index contributed by atoms with van der Waals surface area (Å²) in [6, 6.07) is 1.07. The third-order valence-corrected chi connectivity index (χ3v) is 2.18. The first-order valence-corrected chi connectivity index (χ1v) is 5.43. The smallest absolute Gasteiger partial charge is 0.327 e. The molecule has 7 heteroatoms. The molecule has 0 fully saturated rings. The molecule has 0 aliphatic carbocycles. The molecule has 0 radical (unpaired) electrons. The van der Waals surface area contributed by atoms with Crippen LogP contribution in [0, 0.1) is 21.7 Å². The Labute approximate surface area is 103 Å². The molecular weight excluding hydrogens is 246 g/mol. The zero-order chi connectivity index (χ0) is 13.7. The molecule has 0 heterocycles. The summed E-state index contributed by atoms with van der Waals surface area (Å²) in [5.74, 6) is -2.07. The van der Waals surface area contributed by atoms with Gasteiger partial charge in [0.25, 0.3) is 0 Å². The fraction of sp³-hybridized carbons (Fsp3) is 0.455. The lowest BCUT2D eigenvalue weighted by atomic mass is 10.2. The van der Waals surface area contributed by atoms with Gasteiger partial charge in [0, 0.05) is 24.8 Å². The summed E-state index contributed by atoms with van der Waals surface area (Å²) in [4.78, 5) is 9.84. The largest absolute Gasteiger partial charge is 0.380 e. The van der Waals surface area contributed by atoms with Crippen LogP contribution in [0.3, 0.4) is 0 Å². The Morgan fingerprint density at radius 1 is 1.50 bits per heavy atom. The summed E-state index contributed by atoms with van der Waals surface area (Å²) in [6.45, 7) is 4.27. The van der Waals surface area contributed by atoms with Crippen molar-refractivity contribution in [2.75, 3.05) is 18.5 Å². The van der Waals surface area contributed by atoms with Crippen LogP contribution in [0.1, 0.15) is 13.8 Å². The molecule has 0 aliphatic rings. The highest BCUT2D eigenvalue weighted by Crippen LogP contribution is 2.29. The third kappa shape index (κ3) is 3.63. The molecule has 1 unspecified atom stereocenters. The number of rotatable bonds is 6. The summed E-state index contributed by atoms with van der Waals surface area (Å²) in [5.41, 5.74) is -0.954. The number of nitrogens with zero attached hydrogens (tertiary/aromatic N) is 1. The molecule has 1 N–H and O–H groups in total. The van der Waals surface area contributed by atoms with Crippen molar-refractivity contribution in [3.63, 3.8) is 0 Å². The van der Waals surface area contributed by atoms with Crippen LogP contribution in [0.5, 0.6) is 0 Å². The van der Waals surface area contributed by atoms with Crippen LogP contribution in [-0.4, -0.2) is 24.2 Å². The van der Waals surface area contributed by atoms with Crippen molar-refractivity contribution in [1.82, 2.24) is 0 Å². The Morgan fingerprint density at radius 2 is 2.17 bits per heavy atom. The fourth-order valence-corrected chi connectivity index (χ4v) is 1.46. The molecule has 100 valence electrons. The number of hydrogen-bond acceptors (Lipinski definition) is 4. The minimum absolute atomic E-state index is 0.190. The molecule has 1 rings (SSSR count). The Hall–Kier alpha value is -1.76. The van der Waals surface area contributed by atoms with Gasteiger partial charge >= 0.3 is 5.69 Å². The topological polar surface area (TPSA) is 64.4 Å². The van der Waals surface area contributed by atoms with E-state index in [4.69, 9.17) is 4.74 Å². The third-order valence-electron chi connectivity index (χ3n) is 2.18. The van der Waals surface area contributed by atoms with Gasteiger partial charge in [-0.05, 0) is 13.8 Å². The molecule has 0 bridgehead atoms. The maximum absolute atomic E-state index is 13.3. The first kappa shape index (κ1) is 14.3. The van der Waals surface area contributed by atoms with Crippen LogP contribution < -0.4 is 5.32 Å². The second kappa shape index (κ2) is 6.25. The number of nitrogens with one attached hydrogen (secondary N) is 1.